The van der Waals surface area contributed by atoms with E-state index in [9.17, 15) is 13.2 Å². The molecule has 0 unspecified atom stereocenters. The maximum Gasteiger partial charge on any atom is 0.256 e. The van der Waals surface area contributed by atoms with Crippen LogP contribution in [0.4, 0.5) is 0 Å². The number of carbonyl (C=O) groups is 1. The van der Waals surface area contributed by atoms with Crippen LogP contribution in [0.2, 0.25) is 5.02 Å². The van der Waals surface area contributed by atoms with Crippen molar-refractivity contribution in [2.24, 2.45) is 12.2 Å². The first-order chi connectivity index (χ1) is 14.6. The summed E-state index contributed by atoms with van der Waals surface area (Å²) in [4.78, 5) is 15.3. The molecule has 0 radical (unpaired) electrons. The van der Waals surface area contributed by atoms with Gasteiger partial charge in [-0.15, -0.1) is 0 Å². The second-order valence-corrected chi connectivity index (χ2v) is 9.98. The van der Waals surface area contributed by atoms with Crippen LogP contribution in [0.1, 0.15) is 28.8 Å². The summed E-state index contributed by atoms with van der Waals surface area (Å²) in [5.41, 5.74) is 4.82. The summed E-state index contributed by atoms with van der Waals surface area (Å²) in [6.07, 6.45) is 2.02. The quantitative estimate of drug-likeness (QED) is 0.622. The Morgan fingerprint density at radius 1 is 1.03 bits per heavy atom. The molecule has 8 heteroatoms. The van der Waals surface area contributed by atoms with E-state index in [1.54, 1.807) is 17.0 Å². The van der Waals surface area contributed by atoms with Gasteiger partial charge in [0, 0.05) is 25.2 Å². The monoisotopic (exact) mass is 457 g/mol. The van der Waals surface area contributed by atoms with Crippen LogP contribution in [0.3, 0.4) is 0 Å². The molecule has 4 rings (SSSR count). The van der Waals surface area contributed by atoms with Gasteiger partial charge in [-0.3, -0.25) is 4.79 Å². The number of primary sulfonamides is 1. The van der Waals surface area contributed by atoms with Crippen molar-refractivity contribution in [1.82, 2.24) is 9.47 Å². The van der Waals surface area contributed by atoms with Gasteiger partial charge in [0.15, 0.2) is 0 Å². The number of nitrogens with zero attached hydrogens (tertiary/aromatic N) is 2. The maximum absolute atomic E-state index is 13.5. The molecule has 162 valence electrons. The van der Waals surface area contributed by atoms with Crippen molar-refractivity contribution >= 4 is 27.5 Å². The largest absolute Gasteiger partial charge is 0.343 e. The Bertz CT molecular complexity index is 1260. The van der Waals surface area contributed by atoms with Gasteiger partial charge in [0.25, 0.3) is 5.91 Å². The number of carbonyl (C=O) groups excluding carboxylic acids is 1. The summed E-state index contributed by atoms with van der Waals surface area (Å²) in [7, 11) is -0.0532. The van der Waals surface area contributed by atoms with E-state index in [1.165, 1.54) is 12.1 Å². The van der Waals surface area contributed by atoms with Crippen LogP contribution in [0.25, 0.3) is 22.5 Å². The van der Waals surface area contributed by atoms with Gasteiger partial charge in [-0.05, 0) is 60.7 Å². The molecule has 3 aromatic rings. The SMILES string of the molecule is Cc1c(C(=O)N(C)C2CC2)c(-c2ccc(S(N)(=O)=O)cc2)n(C)c1-c1ccc(Cl)cc1. The summed E-state index contributed by atoms with van der Waals surface area (Å²) in [5, 5.41) is 5.88. The van der Waals surface area contributed by atoms with Crippen LogP contribution < -0.4 is 5.14 Å². The zero-order valence-corrected chi connectivity index (χ0v) is 19.2. The highest BCUT2D eigenvalue weighted by Crippen LogP contribution is 2.38. The van der Waals surface area contributed by atoms with Crippen molar-refractivity contribution in [3.05, 3.63) is 64.7 Å². The number of nitrogens with two attached hydrogens (primary N) is 1. The lowest BCUT2D eigenvalue weighted by atomic mass is 10.0. The van der Waals surface area contributed by atoms with Gasteiger partial charge < -0.3 is 9.47 Å². The zero-order chi connectivity index (χ0) is 22.5. The fraction of sp³-hybridized carbons (Fsp3) is 0.261. The summed E-state index contributed by atoms with van der Waals surface area (Å²) in [6.45, 7) is 1.94. The number of hydrogen-bond acceptors (Lipinski definition) is 3. The van der Waals surface area contributed by atoms with Gasteiger partial charge in [-0.25, -0.2) is 13.6 Å². The van der Waals surface area contributed by atoms with Crippen molar-refractivity contribution in [2.45, 2.75) is 30.7 Å². The first kappa shape index (κ1) is 21.6. The number of halogens is 1. The molecule has 1 fully saturated rings. The molecule has 0 spiro atoms. The second-order valence-electron chi connectivity index (χ2n) is 7.98. The van der Waals surface area contributed by atoms with Gasteiger partial charge >= 0.3 is 0 Å². The minimum Gasteiger partial charge on any atom is -0.343 e. The van der Waals surface area contributed by atoms with Crippen LogP contribution >= 0.6 is 11.6 Å². The molecule has 1 aliphatic rings. The Kier molecular flexibility index (Phi) is 5.45. The number of sulfonamides is 1. The van der Waals surface area contributed by atoms with Gasteiger partial charge in [0.2, 0.25) is 10.0 Å². The summed E-state index contributed by atoms with van der Waals surface area (Å²) >= 11 is 6.07. The van der Waals surface area contributed by atoms with E-state index < -0.39 is 10.0 Å². The minimum absolute atomic E-state index is 0.0306. The highest BCUT2D eigenvalue weighted by atomic mass is 35.5. The second kappa shape index (κ2) is 7.82. The van der Waals surface area contributed by atoms with Crippen molar-refractivity contribution in [3.8, 4) is 22.5 Å². The normalized spacial score (nSPS) is 14.0. The molecule has 0 bridgehead atoms. The molecule has 1 heterocycles. The fourth-order valence-corrected chi connectivity index (χ4v) is 4.69. The smallest absolute Gasteiger partial charge is 0.256 e. The van der Waals surface area contributed by atoms with Crippen LogP contribution in [0.5, 0.6) is 0 Å². The molecule has 0 aliphatic heterocycles. The van der Waals surface area contributed by atoms with E-state index in [2.05, 4.69) is 0 Å². The molecular weight excluding hydrogens is 434 g/mol. The highest BCUT2D eigenvalue weighted by Gasteiger charge is 2.34. The number of aromatic nitrogens is 1. The Morgan fingerprint density at radius 2 is 1.55 bits per heavy atom. The van der Waals surface area contributed by atoms with Crippen LogP contribution in [-0.2, 0) is 17.1 Å². The molecule has 31 heavy (non-hydrogen) atoms. The van der Waals surface area contributed by atoms with E-state index in [1.807, 2.05) is 49.9 Å². The first-order valence-electron chi connectivity index (χ1n) is 9.95. The summed E-state index contributed by atoms with van der Waals surface area (Å²) in [6, 6.07) is 14.1. The molecule has 2 N–H and O–H groups in total. The molecule has 1 saturated carbocycles. The molecule has 2 aromatic carbocycles. The van der Waals surface area contributed by atoms with Gasteiger partial charge in [-0.2, -0.15) is 0 Å². The third kappa shape index (κ3) is 4.01. The van der Waals surface area contributed by atoms with Crippen LogP contribution in [-0.4, -0.2) is 36.9 Å². The van der Waals surface area contributed by atoms with Gasteiger partial charge in [0.1, 0.15) is 0 Å². The third-order valence-electron chi connectivity index (χ3n) is 5.84. The maximum atomic E-state index is 13.5. The molecule has 0 saturated heterocycles. The molecule has 0 atom stereocenters. The van der Waals surface area contributed by atoms with E-state index in [-0.39, 0.29) is 16.8 Å². The predicted octanol–water partition coefficient (Wildman–Crippen LogP) is 4.20. The summed E-state index contributed by atoms with van der Waals surface area (Å²) < 4.78 is 25.3. The van der Waals surface area contributed by atoms with Crippen molar-refractivity contribution < 1.29 is 13.2 Å². The average Bonchev–Trinajstić information content (AvgIpc) is 3.53. The van der Waals surface area contributed by atoms with Crippen LogP contribution in [0, 0.1) is 6.92 Å². The standard InChI is InChI=1S/C23H24ClN3O3S/c1-14-20(23(28)26(2)18-10-11-18)22(16-6-12-19(13-7-16)31(25,29)30)27(3)21(14)15-4-8-17(24)9-5-15/h4-9,12-13,18H,10-11H2,1-3H3,(H2,25,29,30). The lowest BCUT2D eigenvalue weighted by Gasteiger charge is -2.18. The zero-order valence-electron chi connectivity index (χ0n) is 17.6. The lowest BCUT2D eigenvalue weighted by molar-refractivity contribution is 0.0785. The average molecular weight is 458 g/mol. The molecule has 1 amide bonds. The summed E-state index contributed by atoms with van der Waals surface area (Å²) in [5.74, 6) is -0.0404. The third-order valence-corrected chi connectivity index (χ3v) is 7.02. The van der Waals surface area contributed by atoms with E-state index in [0.29, 0.717) is 10.6 Å². The number of hydrogen-bond donors (Lipinski definition) is 1. The van der Waals surface area contributed by atoms with Crippen molar-refractivity contribution in [2.75, 3.05) is 7.05 Å². The number of amides is 1. The topological polar surface area (TPSA) is 85.4 Å². The Hall–Kier alpha value is -2.61. The Labute approximate surface area is 187 Å². The molecular formula is C23H24ClN3O3S. The molecule has 6 nitrogen and oxygen atoms in total. The number of rotatable bonds is 5. The van der Waals surface area contributed by atoms with Gasteiger partial charge in [0.05, 0.1) is 21.8 Å². The fourth-order valence-electron chi connectivity index (χ4n) is 4.05. The van der Waals surface area contributed by atoms with Gasteiger partial charge in [-0.1, -0.05) is 35.9 Å². The van der Waals surface area contributed by atoms with Crippen molar-refractivity contribution in [1.29, 1.82) is 0 Å². The Morgan fingerprint density at radius 3 is 2.06 bits per heavy atom. The molecule has 1 aliphatic carbocycles. The first-order valence-corrected chi connectivity index (χ1v) is 11.9. The van der Waals surface area contributed by atoms with E-state index >= 15 is 0 Å². The molecule has 1 aromatic heterocycles. The van der Waals surface area contributed by atoms with E-state index in [4.69, 9.17) is 16.7 Å². The van der Waals surface area contributed by atoms with Crippen molar-refractivity contribution in [3.63, 3.8) is 0 Å². The Balaban J connectivity index is 1.93. The van der Waals surface area contributed by atoms with Crippen LogP contribution in [0.15, 0.2) is 53.4 Å². The highest BCUT2D eigenvalue weighted by molar-refractivity contribution is 7.89. The number of benzene rings is 2. The lowest BCUT2D eigenvalue weighted by Crippen LogP contribution is -2.29. The van der Waals surface area contributed by atoms with E-state index in [0.717, 1.165) is 40.9 Å². The predicted molar refractivity (Wildman–Crippen MR) is 123 cm³/mol. The minimum atomic E-state index is -3.80.